The molecule has 0 saturated carbocycles. The molecule has 1 aromatic heterocycles. The second kappa shape index (κ2) is 5.66. The SMILES string of the molecule is CCOc1cncc(C(CC)C(C)N)n1. The van der Waals surface area contributed by atoms with Gasteiger partial charge in [-0.25, -0.2) is 4.98 Å². The molecule has 2 N–H and O–H groups in total. The lowest BCUT2D eigenvalue weighted by Crippen LogP contribution is -2.25. The summed E-state index contributed by atoms with van der Waals surface area (Å²) in [4.78, 5) is 8.50. The Morgan fingerprint density at radius 3 is 2.67 bits per heavy atom. The zero-order chi connectivity index (χ0) is 11.3. The quantitative estimate of drug-likeness (QED) is 0.802. The number of nitrogens with zero attached hydrogens (tertiary/aromatic N) is 2. The molecule has 1 aromatic rings. The summed E-state index contributed by atoms with van der Waals surface area (Å²) in [5.74, 6) is 0.826. The lowest BCUT2D eigenvalue weighted by atomic mass is 9.96. The average Bonchev–Trinajstić information content (AvgIpc) is 2.19. The molecule has 0 radical (unpaired) electrons. The van der Waals surface area contributed by atoms with E-state index in [0.29, 0.717) is 12.5 Å². The first-order chi connectivity index (χ1) is 7.19. The summed E-state index contributed by atoms with van der Waals surface area (Å²) in [5.41, 5.74) is 6.81. The zero-order valence-electron chi connectivity index (χ0n) is 9.60. The monoisotopic (exact) mass is 209 g/mol. The standard InChI is InChI=1S/C11H19N3O/c1-4-9(8(3)12)10-6-13-7-11(14-10)15-5-2/h6-9H,4-5,12H2,1-3H3. The average molecular weight is 209 g/mol. The molecule has 0 bridgehead atoms. The lowest BCUT2D eigenvalue weighted by molar-refractivity contribution is 0.322. The van der Waals surface area contributed by atoms with E-state index in [4.69, 9.17) is 10.5 Å². The largest absolute Gasteiger partial charge is 0.477 e. The highest BCUT2D eigenvalue weighted by molar-refractivity contribution is 5.13. The van der Waals surface area contributed by atoms with Crippen molar-refractivity contribution < 1.29 is 4.74 Å². The Morgan fingerprint density at radius 1 is 1.40 bits per heavy atom. The van der Waals surface area contributed by atoms with Crippen LogP contribution in [-0.4, -0.2) is 22.6 Å². The van der Waals surface area contributed by atoms with Gasteiger partial charge in [-0.05, 0) is 20.3 Å². The molecule has 0 aliphatic heterocycles. The minimum atomic E-state index is 0.0844. The van der Waals surface area contributed by atoms with Gasteiger partial charge in [0.15, 0.2) is 0 Å². The van der Waals surface area contributed by atoms with E-state index in [9.17, 15) is 0 Å². The van der Waals surface area contributed by atoms with Gasteiger partial charge in [-0.3, -0.25) is 4.98 Å². The summed E-state index contributed by atoms with van der Waals surface area (Å²) < 4.78 is 5.31. The maximum absolute atomic E-state index is 5.89. The highest BCUT2D eigenvalue weighted by Crippen LogP contribution is 2.21. The summed E-state index contributed by atoms with van der Waals surface area (Å²) in [6.45, 7) is 6.62. The molecule has 4 heteroatoms. The predicted octanol–water partition coefficient (Wildman–Crippen LogP) is 1.72. The van der Waals surface area contributed by atoms with Gasteiger partial charge in [0.1, 0.15) is 0 Å². The fourth-order valence-corrected chi connectivity index (χ4v) is 1.61. The maximum atomic E-state index is 5.89. The second-order valence-corrected chi connectivity index (χ2v) is 3.59. The highest BCUT2D eigenvalue weighted by Gasteiger charge is 2.16. The highest BCUT2D eigenvalue weighted by atomic mass is 16.5. The van der Waals surface area contributed by atoms with Gasteiger partial charge in [-0.15, -0.1) is 0 Å². The molecular formula is C11H19N3O. The third kappa shape index (κ3) is 3.16. The van der Waals surface area contributed by atoms with Crippen molar-refractivity contribution in [2.45, 2.75) is 39.2 Å². The molecule has 2 unspecified atom stereocenters. The smallest absolute Gasteiger partial charge is 0.232 e. The zero-order valence-corrected chi connectivity index (χ0v) is 9.60. The first kappa shape index (κ1) is 11.9. The van der Waals surface area contributed by atoms with Gasteiger partial charge in [0.2, 0.25) is 5.88 Å². The topological polar surface area (TPSA) is 61.0 Å². The van der Waals surface area contributed by atoms with Gasteiger partial charge in [0.25, 0.3) is 0 Å². The van der Waals surface area contributed by atoms with Crippen LogP contribution in [0.15, 0.2) is 12.4 Å². The van der Waals surface area contributed by atoms with Gasteiger partial charge >= 0.3 is 0 Å². The Hall–Kier alpha value is -1.16. The van der Waals surface area contributed by atoms with E-state index in [0.717, 1.165) is 12.1 Å². The van der Waals surface area contributed by atoms with Gasteiger partial charge in [0, 0.05) is 18.2 Å². The molecule has 2 atom stereocenters. The molecule has 1 heterocycles. The molecule has 0 fully saturated rings. The van der Waals surface area contributed by atoms with Crippen LogP contribution in [-0.2, 0) is 0 Å². The number of ether oxygens (including phenoxy) is 1. The van der Waals surface area contributed by atoms with Crippen LogP contribution in [0.25, 0.3) is 0 Å². The van der Waals surface area contributed by atoms with Gasteiger partial charge in [0.05, 0.1) is 18.5 Å². The number of hydrogen-bond donors (Lipinski definition) is 1. The summed E-state index contributed by atoms with van der Waals surface area (Å²) in [7, 11) is 0. The van der Waals surface area contributed by atoms with Crippen LogP contribution >= 0.6 is 0 Å². The number of hydrogen-bond acceptors (Lipinski definition) is 4. The van der Waals surface area contributed by atoms with Crippen LogP contribution in [0.4, 0.5) is 0 Å². The lowest BCUT2D eigenvalue weighted by Gasteiger charge is -2.18. The Kier molecular flexibility index (Phi) is 4.49. The van der Waals surface area contributed by atoms with Crippen LogP contribution in [0.2, 0.25) is 0 Å². The third-order valence-electron chi connectivity index (χ3n) is 2.38. The van der Waals surface area contributed by atoms with Crippen molar-refractivity contribution in [1.29, 1.82) is 0 Å². The molecule has 0 aromatic carbocycles. The Bertz CT molecular complexity index is 302. The van der Waals surface area contributed by atoms with Crippen molar-refractivity contribution in [3.8, 4) is 5.88 Å². The summed E-state index contributed by atoms with van der Waals surface area (Å²) in [6.07, 6.45) is 4.35. The molecule has 15 heavy (non-hydrogen) atoms. The minimum absolute atomic E-state index is 0.0844. The molecule has 84 valence electrons. The van der Waals surface area contributed by atoms with Crippen LogP contribution in [0, 0.1) is 0 Å². The Morgan fingerprint density at radius 2 is 2.13 bits per heavy atom. The van der Waals surface area contributed by atoms with Gasteiger partial charge in [-0.1, -0.05) is 6.92 Å². The first-order valence-electron chi connectivity index (χ1n) is 5.39. The van der Waals surface area contributed by atoms with E-state index >= 15 is 0 Å². The predicted molar refractivity (Wildman–Crippen MR) is 59.9 cm³/mol. The molecule has 4 nitrogen and oxygen atoms in total. The van der Waals surface area contributed by atoms with Crippen LogP contribution < -0.4 is 10.5 Å². The molecule has 0 aliphatic rings. The maximum Gasteiger partial charge on any atom is 0.232 e. The van der Waals surface area contributed by atoms with E-state index in [1.165, 1.54) is 0 Å². The van der Waals surface area contributed by atoms with Crippen molar-refractivity contribution in [1.82, 2.24) is 9.97 Å². The Labute approximate surface area is 90.9 Å². The molecule has 0 amide bonds. The van der Waals surface area contributed by atoms with Gasteiger partial charge < -0.3 is 10.5 Å². The van der Waals surface area contributed by atoms with E-state index in [2.05, 4.69) is 16.9 Å². The van der Waals surface area contributed by atoms with E-state index in [-0.39, 0.29) is 12.0 Å². The summed E-state index contributed by atoms with van der Waals surface area (Å²) in [6, 6.07) is 0.0844. The van der Waals surface area contributed by atoms with Crippen LogP contribution in [0.3, 0.4) is 0 Å². The summed E-state index contributed by atoms with van der Waals surface area (Å²) in [5, 5.41) is 0. The first-order valence-corrected chi connectivity index (χ1v) is 5.39. The fraction of sp³-hybridized carbons (Fsp3) is 0.636. The van der Waals surface area contributed by atoms with E-state index in [1.807, 2.05) is 13.8 Å². The van der Waals surface area contributed by atoms with Crippen molar-refractivity contribution in [2.75, 3.05) is 6.61 Å². The number of rotatable bonds is 5. The molecule has 1 rings (SSSR count). The van der Waals surface area contributed by atoms with Crippen LogP contribution in [0.5, 0.6) is 5.88 Å². The van der Waals surface area contributed by atoms with E-state index < -0.39 is 0 Å². The van der Waals surface area contributed by atoms with Crippen LogP contribution in [0.1, 0.15) is 38.8 Å². The molecule has 0 aliphatic carbocycles. The third-order valence-corrected chi connectivity index (χ3v) is 2.38. The minimum Gasteiger partial charge on any atom is -0.477 e. The molecule has 0 saturated heterocycles. The molecular weight excluding hydrogens is 190 g/mol. The normalized spacial score (nSPS) is 14.7. The Balaban J connectivity index is 2.87. The fourth-order valence-electron chi connectivity index (χ4n) is 1.61. The van der Waals surface area contributed by atoms with E-state index in [1.54, 1.807) is 12.4 Å². The second-order valence-electron chi connectivity index (χ2n) is 3.59. The van der Waals surface area contributed by atoms with Gasteiger partial charge in [-0.2, -0.15) is 0 Å². The van der Waals surface area contributed by atoms with Crippen molar-refractivity contribution in [3.63, 3.8) is 0 Å². The number of aromatic nitrogens is 2. The van der Waals surface area contributed by atoms with Crippen molar-refractivity contribution >= 4 is 0 Å². The number of nitrogens with two attached hydrogens (primary N) is 1. The van der Waals surface area contributed by atoms with Crippen molar-refractivity contribution in [2.24, 2.45) is 5.73 Å². The molecule has 0 spiro atoms. The summed E-state index contributed by atoms with van der Waals surface area (Å²) >= 11 is 0. The van der Waals surface area contributed by atoms with Crippen molar-refractivity contribution in [3.05, 3.63) is 18.1 Å².